The SMILES string of the molecule is Cc1nn2c(O)c(S(=O)(=O)c3ccccc3)c(CCl)nc2c1S. The molecule has 0 aliphatic rings. The third-order valence-corrected chi connectivity index (χ3v) is 5.99. The predicted molar refractivity (Wildman–Crippen MR) is 88.1 cm³/mol. The van der Waals surface area contributed by atoms with Crippen LogP contribution in [0, 0.1) is 6.92 Å². The molecule has 0 fully saturated rings. The summed E-state index contributed by atoms with van der Waals surface area (Å²) in [4.78, 5) is 4.37. The van der Waals surface area contributed by atoms with Crippen LogP contribution in [0.15, 0.2) is 45.0 Å². The molecule has 0 spiro atoms. The lowest BCUT2D eigenvalue weighted by Crippen LogP contribution is -2.10. The molecule has 0 bridgehead atoms. The maximum Gasteiger partial charge on any atom is 0.235 e. The summed E-state index contributed by atoms with van der Waals surface area (Å²) in [6.07, 6.45) is 0. The number of aromatic hydroxyl groups is 1. The average molecular weight is 370 g/mol. The summed E-state index contributed by atoms with van der Waals surface area (Å²) in [5.74, 6) is -0.707. The highest BCUT2D eigenvalue weighted by molar-refractivity contribution is 7.91. The number of alkyl halides is 1. The topological polar surface area (TPSA) is 84.6 Å². The van der Waals surface area contributed by atoms with Crippen LogP contribution in [0.5, 0.6) is 5.88 Å². The average Bonchev–Trinajstić information content (AvgIpc) is 2.83. The van der Waals surface area contributed by atoms with Crippen molar-refractivity contribution in [2.45, 2.75) is 27.5 Å². The Labute approximate surface area is 143 Å². The van der Waals surface area contributed by atoms with Gasteiger partial charge in [-0.3, -0.25) is 0 Å². The van der Waals surface area contributed by atoms with Gasteiger partial charge in [-0.05, 0) is 19.1 Å². The molecule has 1 N–H and O–H groups in total. The summed E-state index contributed by atoms with van der Waals surface area (Å²) in [5, 5.41) is 14.6. The van der Waals surface area contributed by atoms with E-state index in [-0.39, 0.29) is 27.0 Å². The van der Waals surface area contributed by atoms with Crippen molar-refractivity contribution in [2.24, 2.45) is 0 Å². The van der Waals surface area contributed by atoms with Crippen LogP contribution in [0.1, 0.15) is 11.4 Å². The molecule has 0 saturated heterocycles. The van der Waals surface area contributed by atoms with Crippen molar-refractivity contribution >= 4 is 39.7 Å². The zero-order valence-electron chi connectivity index (χ0n) is 11.9. The van der Waals surface area contributed by atoms with Crippen LogP contribution in [-0.4, -0.2) is 28.1 Å². The maximum absolute atomic E-state index is 12.9. The Morgan fingerprint density at radius 2 is 1.96 bits per heavy atom. The van der Waals surface area contributed by atoms with Gasteiger partial charge in [0.1, 0.15) is 0 Å². The zero-order chi connectivity index (χ0) is 16.8. The number of hydrogen-bond donors (Lipinski definition) is 2. The summed E-state index contributed by atoms with van der Waals surface area (Å²) < 4.78 is 26.8. The van der Waals surface area contributed by atoms with Crippen LogP contribution < -0.4 is 0 Å². The molecule has 0 aliphatic carbocycles. The van der Waals surface area contributed by atoms with Crippen molar-refractivity contribution in [1.29, 1.82) is 0 Å². The number of rotatable bonds is 3. The van der Waals surface area contributed by atoms with Gasteiger partial charge in [-0.2, -0.15) is 9.61 Å². The van der Waals surface area contributed by atoms with Gasteiger partial charge < -0.3 is 5.11 Å². The van der Waals surface area contributed by atoms with Gasteiger partial charge in [0.05, 0.1) is 27.1 Å². The monoisotopic (exact) mass is 369 g/mol. The summed E-state index contributed by atoms with van der Waals surface area (Å²) in [6, 6.07) is 7.78. The van der Waals surface area contributed by atoms with Crippen molar-refractivity contribution in [2.75, 3.05) is 0 Å². The molecule has 2 heterocycles. The summed E-state index contributed by atoms with van der Waals surface area (Å²) >= 11 is 10.1. The fourth-order valence-corrected chi connectivity index (χ4v) is 4.21. The number of sulfone groups is 1. The molecule has 0 atom stereocenters. The lowest BCUT2D eigenvalue weighted by atomic mass is 10.4. The van der Waals surface area contributed by atoms with Gasteiger partial charge >= 0.3 is 0 Å². The molecule has 23 heavy (non-hydrogen) atoms. The van der Waals surface area contributed by atoms with Crippen molar-refractivity contribution in [3.8, 4) is 5.88 Å². The number of benzene rings is 1. The standard InChI is InChI=1S/C14H12ClN3O3S2/c1-8-11(22)13-16-10(7-15)12(14(19)18(13)17-8)23(20,21)9-5-3-2-4-6-9/h2-6,19,22H,7H2,1H3. The molecular weight excluding hydrogens is 358 g/mol. The number of aryl methyl sites for hydroxylation is 1. The number of halogens is 1. The molecular formula is C14H12ClN3O3S2. The summed E-state index contributed by atoms with van der Waals surface area (Å²) in [6.45, 7) is 1.68. The van der Waals surface area contributed by atoms with Gasteiger partial charge in [0.25, 0.3) is 0 Å². The first-order chi connectivity index (χ1) is 10.9. The normalized spacial score (nSPS) is 12.0. The predicted octanol–water partition coefficient (Wildman–Crippen LogP) is 2.60. The smallest absolute Gasteiger partial charge is 0.235 e. The van der Waals surface area contributed by atoms with Gasteiger partial charge in [-0.1, -0.05) is 18.2 Å². The Bertz CT molecular complexity index is 1000. The number of fused-ring (bicyclic) bond motifs is 1. The zero-order valence-corrected chi connectivity index (χ0v) is 14.4. The Balaban J connectivity index is 2.40. The van der Waals surface area contributed by atoms with Crippen LogP contribution in [-0.2, 0) is 15.7 Å². The number of nitrogens with zero attached hydrogens (tertiary/aromatic N) is 3. The highest BCUT2D eigenvalue weighted by atomic mass is 35.5. The molecule has 0 amide bonds. The second kappa shape index (κ2) is 5.70. The first kappa shape index (κ1) is 16.1. The third kappa shape index (κ3) is 2.46. The molecule has 6 nitrogen and oxygen atoms in total. The van der Waals surface area contributed by atoms with E-state index in [2.05, 4.69) is 22.7 Å². The van der Waals surface area contributed by atoms with Gasteiger partial charge in [0.2, 0.25) is 15.7 Å². The van der Waals surface area contributed by atoms with E-state index in [0.717, 1.165) is 4.52 Å². The van der Waals surface area contributed by atoms with Crippen LogP contribution in [0.3, 0.4) is 0 Å². The molecule has 3 rings (SSSR count). The van der Waals surface area contributed by atoms with Crippen molar-refractivity contribution in [3.63, 3.8) is 0 Å². The van der Waals surface area contributed by atoms with Crippen LogP contribution >= 0.6 is 24.2 Å². The Morgan fingerprint density at radius 1 is 1.30 bits per heavy atom. The molecule has 9 heteroatoms. The summed E-state index contributed by atoms with van der Waals surface area (Å²) in [7, 11) is -3.99. The van der Waals surface area contributed by atoms with Crippen molar-refractivity contribution < 1.29 is 13.5 Å². The molecule has 2 aromatic heterocycles. The Hall–Kier alpha value is -1.77. The van der Waals surface area contributed by atoms with Crippen molar-refractivity contribution in [1.82, 2.24) is 14.6 Å². The molecule has 0 unspecified atom stereocenters. The third-order valence-electron chi connectivity index (χ3n) is 3.36. The second-order valence-electron chi connectivity index (χ2n) is 4.83. The largest absolute Gasteiger partial charge is 0.492 e. The fraction of sp³-hybridized carbons (Fsp3) is 0.143. The molecule has 1 aromatic carbocycles. The number of aromatic nitrogens is 3. The van der Waals surface area contributed by atoms with Gasteiger partial charge in [-0.25, -0.2) is 13.4 Å². The molecule has 0 radical (unpaired) electrons. The van der Waals surface area contributed by atoms with E-state index in [1.165, 1.54) is 12.1 Å². The highest BCUT2D eigenvalue weighted by Gasteiger charge is 2.29. The van der Waals surface area contributed by atoms with Gasteiger partial charge in [0.15, 0.2) is 10.5 Å². The van der Waals surface area contributed by atoms with E-state index in [1.54, 1.807) is 25.1 Å². The molecule has 0 aliphatic heterocycles. The van der Waals surface area contributed by atoms with E-state index in [9.17, 15) is 13.5 Å². The van der Waals surface area contributed by atoms with E-state index >= 15 is 0 Å². The molecule has 3 aromatic rings. The van der Waals surface area contributed by atoms with E-state index in [1.807, 2.05) is 0 Å². The first-order valence-corrected chi connectivity index (χ1v) is 9.00. The maximum atomic E-state index is 12.9. The fourth-order valence-electron chi connectivity index (χ4n) is 2.24. The van der Waals surface area contributed by atoms with E-state index < -0.39 is 15.7 Å². The summed E-state index contributed by atoms with van der Waals surface area (Å²) in [5.41, 5.74) is 0.827. The van der Waals surface area contributed by atoms with Crippen LogP contribution in [0.4, 0.5) is 0 Å². The van der Waals surface area contributed by atoms with Crippen LogP contribution in [0.2, 0.25) is 0 Å². The highest BCUT2D eigenvalue weighted by Crippen LogP contribution is 2.34. The Morgan fingerprint density at radius 3 is 2.57 bits per heavy atom. The van der Waals surface area contributed by atoms with Crippen LogP contribution in [0.25, 0.3) is 5.65 Å². The molecule has 120 valence electrons. The van der Waals surface area contributed by atoms with Gasteiger partial charge in [-0.15, -0.1) is 24.2 Å². The number of hydrogen-bond acceptors (Lipinski definition) is 6. The van der Waals surface area contributed by atoms with Crippen molar-refractivity contribution in [3.05, 3.63) is 41.7 Å². The van der Waals surface area contributed by atoms with E-state index in [0.29, 0.717) is 10.6 Å². The lowest BCUT2D eigenvalue weighted by Gasteiger charge is -2.11. The minimum atomic E-state index is -3.99. The quantitative estimate of drug-likeness (QED) is 0.547. The van der Waals surface area contributed by atoms with Gasteiger partial charge in [0, 0.05) is 0 Å². The number of thiol groups is 1. The first-order valence-electron chi connectivity index (χ1n) is 6.54. The second-order valence-corrected chi connectivity index (χ2v) is 7.43. The van der Waals surface area contributed by atoms with E-state index in [4.69, 9.17) is 11.6 Å². The lowest BCUT2D eigenvalue weighted by molar-refractivity contribution is 0.415. The Kier molecular flexibility index (Phi) is 3.99. The molecule has 0 saturated carbocycles. The minimum absolute atomic E-state index is 0.0396. The minimum Gasteiger partial charge on any atom is -0.492 e.